The van der Waals surface area contributed by atoms with Gasteiger partial charge in [-0.05, 0) is 112 Å². The largest absolute Gasteiger partial charge is 0.465 e. The predicted octanol–water partition coefficient (Wildman–Crippen LogP) is 7.21. The first-order chi connectivity index (χ1) is 39.1. The van der Waals surface area contributed by atoms with Gasteiger partial charge in [0.2, 0.25) is 12.3 Å². The molecule has 0 aliphatic carbocycles. The number of amides is 6. The van der Waals surface area contributed by atoms with Crippen molar-refractivity contribution in [1.29, 1.82) is 0 Å². The van der Waals surface area contributed by atoms with E-state index in [1.54, 1.807) is 169 Å². The molecule has 0 spiro atoms. The van der Waals surface area contributed by atoms with Crippen LogP contribution < -0.4 is 41.7 Å². The minimum atomic E-state index is -1.60. The number of urea groups is 2. The van der Waals surface area contributed by atoms with Gasteiger partial charge in [-0.2, -0.15) is 0 Å². The molecule has 22 nitrogen and oxygen atoms in total. The molecule has 4 heterocycles. The third kappa shape index (κ3) is 13.6. The van der Waals surface area contributed by atoms with Gasteiger partial charge >= 0.3 is 24.0 Å². The van der Waals surface area contributed by atoms with Crippen LogP contribution in [0.15, 0.2) is 144 Å². The molecule has 0 saturated heterocycles. The first-order valence-corrected chi connectivity index (χ1v) is 26.1. The number of pyridine rings is 2. The summed E-state index contributed by atoms with van der Waals surface area (Å²) in [6, 6.07) is 32.8. The SMILES string of the molecule is CNc1cccc(NC(=O)N[C@H]2N=C(c3ccccn3)c3ccc(-c4cc(NC)cc(NC(=O)N[C@@H]5N=C(c6ccccn6)c6ccccc6N(CC(=O)C(C)(C)COC(C)=O)C5=O)c4)cc3N(CC(=O)C(C)(C)COC(C)=O)C2=O)c1. The Bertz CT molecular complexity index is 3530. The van der Waals surface area contributed by atoms with Gasteiger partial charge in [-0.15, -0.1) is 0 Å². The Hall–Kier alpha value is -10.1. The topological polar surface area (TPSA) is 284 Å². The highest BCUT2D eigenvalue weighted by Gasteiger charge is 2.40. The Balaban J connectivity index is 1.16. The number of esters is 2. The van der Waals surface area contributed by atoms with Crippen molar-refractivity contribution in [3.63, 3.8) is 0 Å². The summed E-state index contributed by atoms with van der Waals surface area (Å²) in [5.74, 6) is -3.58. The molecule has 6 amide bonds. The van der Waals surface area contributed by atoms with E-state index in [2.05, 4.69) is 41.9 Å². The molecule has 0 radical (unpaired) electrons. The number of carbonyl (C=O) groups is 8. The average Bonchev–Trinajstić information content (AvgIpc) is 3.87. The zero-order valence-electron chi connectivity index (χ0n) is 46.5. The molecule has 422 valence electrons. The van der Waals surface area contributed by atoms with Gasteiger partial charge in [-0.3, -0.25) is 38.7 Å². The van der Waals surface area contributed by atoms with Crippen molar-refractivity contribution in [2.45, 2.75) is 53.9 Å². The number of anilines is 6. The fraction of sp³-hybridized carbons (Fsp3) is 0.267. The minimum Gasteiger partial charge on any atom is -0.465 e. The Morgan fingerprint density at radius 1 is 0.512 bits per heavy atom. The van der Waals surface area contributed by atoms with Crippen LogP contribution in [0.3, 0.4) is 0 Å². The van der Waals surface area contributed by atoms with Crippen molar-refractivity contribution >= 4 is 92.9 Å². The predicted molar refractivity (Wildman–Crippen MR) is 311 cm³/mol. The molecule has 0 fully saturated rings. The number of hydrogen-bond acceptors (Lipinski definition) is 16. The van der Waals surface area contributed by atoms with Crippen LogP contribution >= 0.6 is 0 Å². The summed E-state index contributed by atoms with van der Waals surface area (Å²) in [4.78, 5) is 131. The highest BCUT2D eigenvalue weighted by molar-refractivity contribution is 6.22. The first kappa shape index (κ1) is 58.0. The summed E-state index contributed by atoms with van der Waals surface area (Å²) in [6.45, 7) is 7.34. The maximum atomic E-state index is 15.1. The minimum absolute atomic E-state index is 0.212. The molecular weight excluding hydrogens is 1050 g/mol. The zero-order chi connectivity index (χ0) is 58.9. The van der Waals surface area contributed by atoms with Crippen molar-refractivity contribution < 1.29 is 47.8 Å². The zero-order valence-corrected chi connectivity index (χ0v) is 46.5. The summed E-state index contributed by atoms with van der Waals surface area (Å²) < 4.78 is 10.5. The number of ketones is 2. The molecule has 82 heavy (non-hydrogen) atoms. The molecule has 6 aromatic rings. The average molecular weight is 1110 g/mol. The Kier molecular flexibility index (Phi) is 17.6. The number of hydrogen-bond donors (Lipinski definition) is 6. The van der Waals surface area contributed by atoms with Crippen molar-refractivity contribution in [1.82, 2.24) is 20.6 Å². The molecule has 4 aromatic carbocycles. The molecule has 2 aliphatic rings. The van der Waals surface area contributed by atoms with Crippen LogP contribution in [0.2, 0.25) is 0 Å². The van der Waals surface area contributed by atoms with Crippen molar-refractivity contribution in [3.8, 4) is 11.1 Å². The molecule has 2 atom stereocenters. The van der Waals surface area contributed by atoms with Crippen LogP contribution in [0.5, 0.6) is 0 Å². The number of nitrogens with zero attached hydrogens (tertiary/aromatic N) is 6. The maximum Gasteiger partial charge on any atom is 0.321 e. The van der Waals surface area contributed by atoms with E-state index in [0.29, 0.717) is 50.7 Å². The number of Topliss-reactive ketones (excluding diaryl/α,β-unsaturated/α-hetero) is 2. The number of aliphatic imine (C=N–C) groups is 2. The number of benzodiazepines with no additional fused rings is 2. The van der Waals surface area contributed by atoms with E-state index in [0.717, 1.165) is 5.69 Å². The van der Waals surface area contributed by atoms with Crippen LogP contribution in [-0.2, 0) is 38.2 Å². The smallest absolute Gasteiger partial charge is 0.321 e. The third-order valence-corrected chi connectivity index (χ3v) is 13.5. The maximum absolute atomic E-state index is 15.1. The number of ether oxygens (including phenoxy) is 2. The number of fused-ring (bicyclic) bond motifs is 2. The van der Waals surface area contributed by atoms with Crippen LogP contribution in [0.25, 0.3) is 11.1 Å². The van der Waals surface area contributed by atoms with Crippen LogP contribution in [0, 0.1) is 10.8 Å². The summed E-state index contributed by atoms with van der Waals surface area (Å²) in [5.41, 5.74) is 3.05. The van der Waals surface area contributed by atoms with Gasteiger partial charge in [0.05, 0.1) is 58.1 Å². The fourth-order valence-corrected chi connectivity index (χ4v) is 8.80. The summed E-state index contributed by atoms with van der Waals surface area (Å²) in [5, 5.41) is 17.1. The molecule has 6 N–H and O–H groups in total. The van der Waals surface area contributed by atoms with Crippen LogP contribution in [0.1, 0.15) is 64.1 Å². The number of aromatic nitrogens is 2. The second-order valence-corrected chi connectivity index (χ2v) is 20.5. The van der Waals surface area contributed by atoms with Gasteiger partial charge in [-0.25, -0.2) is 19.6 Å². The normalized spacial score (nSPS) is 15.0. The molecule has 2 aromatic heterocycles. The molecule has 2 aliphatic heterocycles. The Labute approximate surface area is 473 Å². The molecule has 0 saturated carbocycles. The number of benzene rings is 4. The molecule has 0 bridgehead atoms. The van der Waals surface area contributed by atoms with E-state index in [1.165, 1.54) is 23.6 Å². The Morgan fingerprint density at radius 3 is 1.51 bits per heavy atom. The van der Waals surface area contributed by atoms with Gasteiger partial charge in [0.25, 0.3) is 11.8 Å². The van der Waals surface area contributed by atoms with E-state index >= 15 is 4.79 Å². The van der Waals surface area contributed by atoms with Crippen molar-refractivity contribution in [3.05, 3.63) is 156 Å². The van der Waals surface area contributed by atoms with E-state index in [1.807, 2.05) is 6.07 Å². The van der Waals surface area contributed by atoms with Crippen LogP contribution in [0.4, 0.5) is 43.7 Å². The highest BCUT2D eigenvalue weighted by atomic mass is 16.5. The van der Waals surface area contributed by atoms with Gasteiger partial charge in [0.15, 0.2) is 11.6 Å². The lowest BCUT2D eigenvalue weighted by Gasteiger charge is -2.29. The number of para-hydroxylation sites is 1. The lowest BCUT2D eigenvalue weighted by atomic mass is 9.88. The highest BCUT2D eigenvalue weighted by Crippen LogP contribution is 2.36. The summed E-state index contributed by atoms with van der Waals surface area (Å²) in [6.07, 6.45) is -0.0765. The number of nitrogens with one attached hydrogen (secondary N) is 6. The Morgan fingerprint density at radius 2 is 0.988 bits per heavy atom. The van der Waals surface area contributed by atoms with Gasteiger partial charge in [0.1, 0.15) is 13.2 Å². The second-order valence-electron chi connectivity index (χ2n) is 20.5. The van der Waals surface area contributed by atoms with Gasteiger partial charge < -0.3 is 51.2 Å². The summed E-state index contributed by atoms with van der Waals surface area (Å²) in [7, 11) is 3.41. The van der Waals surface area contributed by atoms with Gasteiger partial charge in [-0.1, -0.05) is 48.5 Å². The first-order valence-electron chi connectivity index (χ1n) is 26.1. The molecule has 0 unspecified atom stereocenters. The van der Waals surface area contributed by atoms with Gasteiger partial charge in [0, 0.05) is 74.2 Å². The van der Waals surface area contributed by atoms with E-state index in [9.17, 15) is 33.6 Å². The van der Waals surface area contributed by atoms with Crippen LogP contribution in [-0.4, -0.2) is 122 Å². The lowest BCUT2D eigenvalue weighted by Crippen LogP contribution is -2.51. The number of carbonyl (C=O) groups excluding carboxylic acids is 8. The third-order valence-electron chi connectivity index (χ3n) is 13.5. The molecule has 22 heteroatoms. The molecular formula is C60H62N12O10. The molecule has 8 rings (SSSR count). The number of rotatable bonds is 19. The quantitative estimate of drug-likeness (QED) is 0.0437. The van der Waals surface area contributed by atoms with Crippen molar-refractivity contribution in [2.75, 3.05) is 71.5 Å². The second kappa shape index (κ2) is 24.9. The lowest BCUT2D eigenvalue weighted by molar-refractivity contribution is -0.148. The summed E-state index contributed by atoms with van der Waals surface area (Å²) >= 11 is 0. The van der Waals surface area contributed by atoms with E-state index in [-0.39, 0.29) is 36.0 Å². The van der Waals surface area contributed by atoms with Crippen molar-refractivity contribution in [2.24, 2.45) is 20.8 Å². The standard InChI is InChI=1S/C60H62N12O10/c1-35(73)81-33-59(3,4)49(75)31-71-47-21-10-9-18-43(47)51(45-19-11-13-24-63-45)67-53(55(71)77)70-58(80)66-42-27-38(26-41(30-42)62-8)37-22-23-44-48(28-37)72(32-50(76)60(5,6)34-82-36(2)74)56(78)54(68-52(44)46-20-12-14-25-64-46)69-57(79)65-40-17-15-16-39(29-40)61-7/h9-30,53-54,61-62H,31-34H2,1-8H3,(H2,65,69,79)(H2,66,70,80)/t53-,54+/m0/s1. The van der Waals surface area contributed by atoms with E-state index < -0.39 is 83.6 Å². The monoisotopic (exact) mass is 1110 g/mol. The van der Waals surface area contributed by atoms with E-state index in [4.69, 9.17) is 19.5 Å². The fourth-order valence-electron chi connectivity index (χ4n) is 8.80.